The van der Waals surface area contributed by atoms with Gasteiger partial charge < -0.3 is 10.1 Å². The van der Waals surface area contributed by atoms with Gasteiger partial charge in [-0.2, -0.15) is 0 Å². The van der Waals surface area contributed by atoms with Crippen LogP contribution in [0.3, 0.4) is 0 Å². The fourth-order valence-corrected chi connectivity index (χ4v) is 3.43. The molecule has 0 amide bonds. The molecule has 0 fully saturated rings. The zero-order valence-electron chi connectivity index (χ0n) is 13.6. The lowest BCUT2D eigenvalue weighted by Crippen LogP contribution is -2.04. The van der Waals surface area contributed by atoms with E-state index in [1.54, 1.807) is 0 Å². The normalized spacial score (nSPS) is 10.6. The van der Waals surface area contributed by atoms with Crippen LogP contribution in [0, 0.1) is 0 Å². The summed E-state index contributed by atoms with van der Waals surface area (Å²) in [5.41, 5.74) is 2.93. The summed E-state index contributed by atoms with van der Waals surface area (Å²) in [5, 5.41) is 4.74. The van der Waals surface area contributed by atoms with Crippen LogP contribution in [0.1, 0.15) is 11.1 Å². The third-order valence-corrected chi connectivity index (χ3v) is 5.86. The van der Waals surface area contributed by atoms with Crippen LogP contribution in [0.25, 0.3) is 0 Å². The summed E-state index contributed by atoms with van der Waals surface area (Å²) < 4.78 is 7.88. The highest BCUT2D eigenvalue weighted by Gasteiger charge is 2.08. The minimum Gasteiger partial charge on any atom is -0.488 e. The summed E-state index contributed by atoms with van der Waals surface area (Å²) in [6.07, 6.45) is 0. The van der Waals surface area contributed by atoms with Gasteiger partial charge in [0.2, 0.25) is 0 Å². The van der Waals surface area contributed by atoms with Gasteiger partial charge in [0.25, 0.3) is 0 Å². The maximum absolute atomic E-state index is 6.21. The molecule has 0 aliphatic carbocycles. The third kappa shape index (κ3) is 5.17. The van der Waals surface area contributed by atoms with Crippen LogP contribution in [0.15, 0.2) is 69.6 Å². The second kappa shape index (κ2) is 9.14. The van der Waals surface area contributed by atoms with Gasteiger partial charge in [-0.05, 0) is 58.4 Å². The first-order valence-corrected chi connectivity index (χ1v) is 10.2. The zero-order valence-corrected chi connectivity index (χ0v) is 18.3. The van der Waals surface area contributed by atoms with E-state index in [1.807, 2.05) is 60.7 Å². The fraction of sp³-hybridized carbons (Fsp3) is 0.100. The SMILES string of the molecule is Clc1cc(NCc2cc(Br)ccc2OCc2ccccc2Cl)ccc1Br. The van der Waals surface area contributed by atoms with Crippen LogP contribution in [0.5, 0.6) is 5.75 Å². The smallest absolute Gasteiger partial charge is 0.124 e. The van der Waals surface area contributed by atoms with Crippen molar-refractivity contribution in [3.05, 3.63) is 90.8 Å². The van der Waals surface area contributed by atoms with Crippen molar-refractivity contribution in [1.29, 1.82) is 0 Å². The van der Waals surface area contributed by atoms with Crippen molar-refractivity contribution in [2.75, 3.05) is 5.32 Å². The molecule has 2 nitrogen and oxygen atoms in total. The highest BCUT2D eigenvalue weighted by atomic mass is 79.9. The Labute approximate surface area is 179 Å². The van der Waals surface area contributed by atoms with Crippen LogP contribution < -0.4 is 10.1 Å². The molecule has 3 aromatic carbocycles. The second-order valence-electron chi connectivity index (χ2n) is 5.61. The molecular formula is C20H15Br2Cl2NO. The monoisotopic (exact) mass is 513 g/mol. The molecule has 0 atom stereocenters. The Hall–Kier alpha value is -1.20. The van der Waals surface area contributed by atoms with E-state index in [4.69, 9.17) is 27.9 Å². The standard InChI is InChI=1S/C20H15Br2Cl2NO/c21-15-5-8-20(26-12-13-3-1-2-4-18(13)23)14(9-15)11-25-16-6-7-17(22)19(24)10-16/h1-10,25H,11-12H2. The van der Waals surface area contributed by atoms with Gasteiger partial charge in [0.15, 0.2) is 0 Å². The number of rotatable bonds is 6. The van der Waals surface area contributed by atoms with E-state index < -0.39 is 0 Å². The molecular weight excluding hydrogens is 501 g/mol. The number of hydrogen-bond donors (Lipinski definition) is 1. The number of anilines is 1. The van der Waals surface area contributed by atoms with Crippen molar-refractivity contribution in [3.63, 3.8) is 0 Å². The Morgan fingerprint density at radius 1 is 0.846 bits per heavy atom. The van der Waals surface area contributed by atoms with Gasteiger partial charge in [-0.15, -0.1) is 0 Å². The molecule has 0 spiro atoms. The predicted molar refractivity (Wildman–Crippen MR) is 116 cm³/mol. The maximum atomic E-state index is 6.21. The van der Waals surface area contributed by atoms with Crippen LogP contribution in [0.2, 0.25) is 10.0 Å². The molecule has 1 N–H and O–H groups in total. The van der Waals surface area contributed by atoms with E-state index in [1.165, 1.54) is 0 Å². The van der Waals surface area contributed by atoms with E-state index in [0.29, 0.717) is 23.2 Å². The van der Waals surface area contributed by atoms with Gasteiger partial charge in [0.05, 0.1) is 5.02 Å². The first-order chi connectivity index (χ1) is 12.5. The van der Waals surface area contributed by atoms with Crippen molar-refractivity contribution in [3.8, 4) is 5.75 Å². The lowest BCUT2D eigenvalue weighted by Gasteiger charge is -2.14. The molecule has 26 heavy (non-hydrogen) atoms. The Morgan fingerprint density at radius 2 is 1.65 bits per heavy atom. The molecule has 134 valence electrons. The van der Waals surface area contributed by atoms with Crippen LogP contribution >= 0.6 is 55.1 Å². The van der Waals surface area contributed by atoms with Gasteiger partial charge in [-0.1, -0.05) is 57.3 Å². The van der Waals surface area contributed by atoms with Gasteiger partial charge in [0.1, 0.15) is 12.4 Å². The molecule has 0 radical (unpaired) electrons. The average Bonchev–Trinajstić information content (AvgIpc) is 2.63. The largest absolute Gasteiger partial charge is 0.488 e. The number of hydrogen-bond acceptors (Lipinski definition) is 2. The van der Waals surface area contributed by atoms with Crippen molar-refractivity contribution >= 4 is 60.7 Å². The highest BCUT2D eigenvalue weighted by Crippen LogP contribution is 2.28. The van der Waals surface area contributed by atoms with Crippen LogP contribution in [0.4, 0.5) is 5.69 Å². The quantitative estimate of drug-likeness (QED) is 0.363. The van der Waals surface area contributed by atoms with Crippen molar-refractivity contribution < 1.29 is 4.74 Å². The first kappa shape index (κ1) is 19.6. The van der Waals surface area contributed by atoms with Crippen molar-refractivity contribution in [2.45, 2.75) is 13.2 Å². The molecule has 3 aromatic rings. The number of nitrogens with one attached hydrogen (secondary N) is 1. The molecule has 0 aliphatic heterocycles. The summed E-state index contributed by atoms with van der Waals surface area (Å²) in [5.74, 6) is 0.809. The molecule has 6 heteroatoms. The molecule has 0 aliphatic rings. The molecule has 0 heterocycles. The number of benzene rings is 3. The minimum absolute atomic E-state index is 0.415. The van der Waals surface area contributed by atoms with Gasteiger partial charge in [0, 0.05) is 37.3 Å². The number of halogens is 4. The van der Waals surface area contributed by atoms with E-state index in [2.05, 4.69) is 37.2 Å². The molecule has 3 rings (SSSR count). The summed E-state index contributed by atoms with van der Waals surface area (Å²) in [4.78, 5) is 0. The van der Waals surface area contributed by atoms with E-state index in [9.17, 15) is 0 Å². The Balaban J connectivity index is 1.73. The van der Waals surface area contributed by atoms with Gasteiger partial charge in [-0.3, -0.25) is 0 Å². The lowest BCUT2D eigenvalue weighted by molar-refractivity contribution is 0.303. The fourth-order valence-electron chi connectivity index (χ4n) is 2.40. The lowest BCUT2D eigenvalue weighted by atomic mass is 10.2. The summed E-state index contributed by atoms with van der Waals surface area (Å²) in [7, 11) is 0. The molecule has 0 saturated heterocycles. The second-order valence-corrected chi connectivity index (χ2v) is 8.20. The minimum atomic E-state index is 0.415. The molecule has 0 bridgehead atoms. The highest BCUT2D eigenvalue weighted by molar-refractivity contribution is 9.10. The Bertz CT molecular complexity index is 918. The molecule has 0 saturated carbocycles. The molecule has 0 aromatic heterocycles. The Morgan fingerprint density at radius 3 is 2.42 bits per heavy atom. The number of ether oxygens (including phenoxy) is 1. The van der Waals surface area contributed by atoms with Crippen LogP contribution in [-0.2, 0) is 13.2 Å². The van der Waals surface area contributed by atoms with Crippen molar-refractivity contribution in [2.24, 2.45) is 0 Å². The third-order valence-electron chi connectivity index (χ3n) is 3.77. The summed E-state index contributed by atoms with van der Waals surface area (Å²) >= 11 is 19.3. The zero-order chi connectivity index (χ0) is 18.5. The van der Waals surface area contributed by atoms with Gasteiger partial charge in [-0.25, -0.2) is 0 Å². The van der Waals surface area contributed by atoms with E-state index in [-0.39, 0.29) is 0 Å². The maximum Gasteiger partial charge on any atom is 0.124 e. The van der Waals surface area contributed by atoms with E-state index in [0.717, 1.165) is 31.5 Å². The topological polar surface area (TPSA) is 21.3 Å². The summed E-state index contributed by atoms with van der Waals surface area (Å²) in [6, 6.07) is 19.4. The predicted octanol–water partition coefficient (Wildman–Crippen LogP) is 7.71. The van der Waals surface area contributed by atoms with Crippen molar-refractivity contribution in [1.82, 2.24) is 0 Å². The molecule has 0 unspecified atom stereocenters. The summed E-state index contributed by atoms with van der Waals surface area (Å²) in [6.45, 7) is 1.02. The average molecular weight is 516 g/mol. The van der Waals surface area contributed by atoms with Crippen LogP contribution in [-0.4, -0.2) is 0 Å². The Kier molecular flexibility index (Phi) is 6.87. The van der Waals surface area contributed by atoms with Gasteiger partial charge >= 0.3 is 0 Å². The first-order valence-electron chi connectivity index (χ1n) is 7.86. The van der Waals surface area contributed by atoms with E-state index >= 15 is 0 Å².